The second-order valence-electron chi connectivity index (χ2n) is 6.76. The van der Waals surface area contributed by atoms with Crippen LogP contribution >= 0.6 is 0 Å². The Bertz CT molecular complexity index is 870. The first-order valence-electron chi connectivity index (χ1n) is 9.14. The molecule has 0 radical (unpaired) electrons. The Kier molecular flexibility index (Phi) is 7.16. The lowest BCUT2D eigenvalue weighted by Crippen LogP contribution is -2.42. The van der Waals surface area contributed by atoms with Crippen LogP contribution in [0.15, 0.2) is 47.4 Å². The van der Waals surface area contributed by atoms with Crippen molar-refractivity contribution >= 4 is 15.9 Å². The fourth-order valence-corrected chi connectivity index (χ4v) is 5.11. The predicted molar refractivity (Wildman–Crippen MR) is 108 cm³/mol. The van der Waals surface area contributed by atoms with Gasteiger partial charge in [0.2, 0.25) is 15.9 Å². The van der Waals surface area contributed by atoms with Crippen LogP contribution in [0.1, 0.15) is 29.2 Å². The average Bonchev–Trinajstić information content (AvgIpc) is 2.58. The van der Waals surface area contributed by atoms with Gasteiger partial charge in [0.15, 0.2) is 0 Å². The molecule has 27 heavy (non-hydrogen) atoms. The molecule has 0 aliphatic rings. The predicted octanol–water partition coefficient (Wildman–Crippen LogP) is 2.98. The van der Waals surface area contributed by atoms with Gasteiger partial charge in [0.25, 0.3) is 0 Å². The number of aryl methyl sites for hydroxylation is 3. The van der Waals surface area contributed by atoms with Crippen molar-refractivity contribution in [2.24, 2.45) is 0 Å². The van der Waals surface area contributed by atoms with E-state index in [-0.39, 0.29) is 19.0 Å². The van der Waals surface area contributed by atoms with E-state index < -0.39 is 10.0 Å². The number of sulfonamides is 1. The van der Waals surface area contributed by atoms with Crippen molar-refractivity contribution in [3.05, 3.63) is 64.7 Å². The number of rotatable bonds is 8. The van der Waals surface area contributed by atoms with E-state index in [0.29, 0.717) is 29.0 Å². The van der Waals surface area contributed by atoms with Crippen LogP contribution in [0.2, 0.25) is 0 Å². The molecule has 0 saturated heterocycles. The molecule has 2 aromatic carbocycles. The second-order valence-corrected chi connectivity index (χ2v) is 8.63. The van der Waals surface area contributed by atoms with Crippen LogP contribution in [-0.2, 0) is 21.2 Å². The number of likely N-dealkylation sites (N-methyl/N-ethyl adjacent to an activating group) is 1. The summed E-state index contributed by atoms with van der Waals surface area (Å²) in [4.78, 5) is 12.4. The maximum absolute atomic E-state index is 13.4. The largest absolute Gasteiger partial charge is 0.355 e. The Morgan fingerprint density at radius 1 is 1.04 bits per heavy atom. The summed E-state index contributed by atoms with van der Waals surface area (Å²) in [7, 11) is -3.79. The van der Waals surface area contributed by atoms with Gasteiger partial charge in [0.1, 0.15) is 0 Å². The van der Waals surface area contributed by atoms with Gasteiger partial charge >= 0.3 is 0 Å². The van der Waals surface area contributed by atoms with E-state index >= 15 is 0 Å². The smallest absolute Gasteiger partial charge is 0.244 e. The minimum Gasteiger partial charge on any atom is -0.355 e. The van der Waals surface area contributed by atoms with Crippen LogP contribution in [0.5, 0.6) is 0 Å². The third-order valence-corrected chi connectivity index (χ3v) is 6.54. The Balaban J connectivity index is 2.37. The molecule has 0 bridgehead atoms. The lowest BCUT2D eigenvalue weighted by Gasteiger charge is -2.24. The fraction of sp³-hybridized carbons (Fsp3) is 0.381. The lowest BCUT2D eigenvalue weighted by molar-refractivity contribution is -0.121. The number of benzene rings is 2. The summed E-state index contributed by atoms with van der Waals surface area (Å²) in [6.45, 7) is 7.88. The van der Waals surface area contributed by atoms with Crippen molar-refractivity contribution in [2.75, 3.05) is 19.6 Å². The third-order valence-electron chi connectivity index (χ3n) is 4.39. The van der Waals surface area contributed by atoms with Crippen molar-refractivity contribution in [3.8, 4) is 0 Å². The molecule has 6 heteroatoms. The van der Waals surface area contributed by atoms with Crippen LogP contribution < -0.4 is 5.32 Å². The molecular weight excluding hydrogens is 360 g/mol. The van der Waals surface area contributed by atoms with E-state index in [9.17, 15) is 13.2 Å². The molecule has 0 aliphatic carbocycles. The fourth-order valence-electron chi connectivity index (χ4n) is 3.30. The molecule has 146 valence electrons. The zero-order valence-electron chi connectivity index (χ0n) is 16.5. The molecule has 2 aromatic rings. The summed E-state index contributed by atoms with van der Waals surface area (Å²) in [5.41, 5.74) is 3.45. The van der Waals surface area contributed by atoms with Crippen molar-refractivity contribution in [1.29, 1.82) is 0 Å². The maximum atomic E-state index is 13.4. The summed E-state index contributed by atoms with van der Waals surface area (Å²) in [5, 5.41) is 2.69. The standard InChI is InChI=1S/C21H28N2O3S/c1-5-22-20(24)15-23(12-11-19-9-7-6-8-10-19)27(25,26)21-17(3)13-16(2)14-18(21)4/h6-10,13-14H,5,11-12,15H2,1-4H3,(H,22,24). The van der Waals surface area contributed by atoms with Gasteiger partial charge in [-0.15, -0.1) is 0 Å². The molecule has 0 saturated carbocycles. The zero-order valence-corrected chi connectivity index (χ0v) is 17.3. The van der Waals surface area contributed by atoms with Crippen molar-refractivity contribution < 1.29 is 13.2 Å². The summed E-state index contributed by atoms with van der Waals surface area (Å²) in [6.07, 6.45) is 0.545. The van der Waals surface area contributed by atoms with Gasteiger partial charge in [0, 0.05) is 13.1 Å². The van der Waals surface area contributed by atoms with E-state index in [2.05, 4.69) is 5.32 Å². The van der Waals surface area contributed by atoms with Crippen molar-refractivity contribution in [1.82, 2.24) is 9.62 Å². The highest BCUT2D eigenvalue weighted by molar-refractivity contribution is 7.89. The van der Waals surface area contributed by atoms with E-state index in [1.807, 2.05) is 56.3 Å². The van der Waals surface area contributed by atoms with Crippen LogP contribution in [0, 0.1) is 20.8 Å². The normalized spacial score (nSPS) is 11.6. The summed E-state index contributed by atoms with van der Waals surface area (Å²) in [5.74, 6) is -0.295. The van der Waals surface area contributed by atoms with Gasteiger partial charge in [-0.25, -0.2) is 8.42 Å². The summed E-state index contributed by atoms with van der Waals surface area (Å²) < 4.78 is 28.1. The van der Waals surface area contributed by atoms with E-state index in [1.165, 1.54) is 4.31 Å². The number of amides is 1. The van der Waals surface area contributed by atoms with E-state index in [1.54, 1.807) is 13.8 Å². The van der Waals surface area contributed by atoms with Gasteiger partial charge in [-0.05, 0) is 50.8 Å². The first kappa shape index (κ1) is 21.1. The number of nitrogens with zero attached hydrogens (tertiary/aromatic N) is 1. The number of nitrogens with one attached hydrogen (secondary N) is 1. The SMILES string of the molecule is CCNC(=O)CN(CCc1ccccc1)S(=O)(=O)c1c(C)cc(C)cc1C. The molecule has 0 heterocycles. The van der Waals surface area contributed by atoms with Gasteiger partial charge in [-0.2, -0.15) is 4.31 Å². The highest BCUT2D eigenvalue weighted by Gasteiger charge is 2.29. The average molecular weight is 389 g/mol. The third kappa shape index (κ3) is 5.40. The number of carbonyl (C=O) groups is 1. The number of hydrogen-bond acceptors (Lipinski definition) is 3. The van der Waals surface area contributed by atoms with E-state index in [4.69, 9.17) is 0 Å². The number of hydrogen-bond donors (Lipinski definition) is 1. The van der Waals surface area contributed by atoms with Gasteiger partial charge in [-0.3, -0.25) is 4.79 Å². The van der Waals surface area contributed by atoms with E-state index in [0.717, 1.165) is 11.1 Å². The van der Waals surface area contributed by atoms with Crippen LogP contribution in [-0.4, -0.2) is 38.3 Å². The monoisotopic (exact) mass is 388 g/mol. The van der Waals surface area contributed by atoms with Crippen LogP contribution in [0.3, 0.4) is 0 Å². The Morgan fingerprint density at radius 2 is 1.63 bits per heavy atom. The Morgan fingerprint density at radius 3 is 2.19 bits per heavy atom. The molecule has 0 fully saturated rings. The molecule has 1 N–H and O–H groups in total. The maximum Gasteiger partial charge on any atom is 0.244 e. The first-order chi connectivity index (χ1) is 12.8. The molecule has 0 aromatic heterocycles. The topological polar surface area (TPSA) is 66.5 Å². The first-order valence-corrected chi connectivity index (χ1v) is 10.6. The molecule has 0 unspecified atom stereocenters. The number of carbonyl (C=O) groups excluding carboxylic acids is 1. The summed E-state index contributed by atoms with van der Waals surface area (Å²) >= 11 is 0. The molecule has 0 atom stereocenters. The van der Waals surface area contributed by atoms with Crippen molar-refractivity contribution in [2.45, 2.75) is 39.0 Å². The van der Waals surface area contributed by atoms with Gasteiger partial charge in [-0.1, -0.05) is 48.0 Å². The zero-order chi connectivity index (χ0) is 20.0. The van der Waals surface area contributed by atoms with Gasteiger partial charge < -0.3 is 5.32 Å². The quantitative estimate of drug-likeness (QED) is 0.756. The highest BCUT2D eigenvalue weighted by atomic mass is 32.2. The Labute approximate surface area is 162 Å². The summed E-state index contributed by atoms with van der Waals surface area (Å²) in [6, 6.07) is 13.4. The minimum absolute atomic E-state index is 0.185. The molecule has 0 aliphatic heterocycles. The highest BCUT2D eigenvalue weighted by Crippen LogP contribution is 2.25. The van der Waals surface area contributed by atoms with Crippen molar-refractivity contribution in [3.63, 3.8) is 0 Å². The molecular formula is C21H28N2O3S. The Hall–Kier alpha value is -2.18. The molecule has 0 spiro atoms. The second kappa shape index (κ2) is 9.15. The molecule has 5 nitrogen and oxygen atoms in total. The van der Waals surface area contributed by atoms with Crippen LogP contribution in [0.25, 0.3) is 0 Å². The minimum atomic E-state index is -3.79. The lowest BCUT2D eigenvalue weighted by atomic mass is 10.1. The molecule has 2 rings (SSSR count). The van der Waals surface area contributed by atoms with Gasteiger partial charge in [0.05, 0.1) is 11.4 Å². The molecule has 1 amide bonds. The van der Waals surface area contributed by atoms with Crippen LogP contribution in [0.4, 0.5) is 0 Å².